The van der Waals surface area contributed by atoms with Crippen LogP contribution in [0, 0.1) is 0 Å². The van der Waals surface area contributed by atoms with Crippen LogP contribution >= 0.6 is 11.5 Å². The Morgan fingerprint density at radius 3 is 3.05 bits per heavy atom. The lowest BCUT2D eigenvalue weighted by atomic mass is 9.98. The first kappa shape index (κ1) is 13.9. The van der Waals surface area contributed by atoms with Crippen molar-refractivity contribution in [3.63, 3.8) is 0 Å². The van der Waals surface area contributed by atoms with Crippen molar-refractivity contribution in [2.24, 2.45) is 0 Å². The molecule has 0 spiro atoms. The molecule has 1 aromatic heterocycles. The minimum absolute atomic E-state index is 0.117. The van der Waals surface area contributed by atoms with Crippen molar-refractivity contribution in [1.29, 1.82) is 0 Å². The summed E-state index contributed by atoms with van der Waals surface area (Å²) in [7, 11) is 0. The Kier molecular flexibility index (Phi) is 4.03. The Labute approximate surface area is 124 Å². The highest BCUT2D eigenvalue weighted by Crippen LogP contribution is 2.38. The van der Waals surface area contributed by atoms with E-state index >= 15 is 0 Å². The smallest absolute Gasteiger partial charge is 0.197 e. The van der Waals surface area contributed by atoms with E-state index in [-0.39, 0.29) is 6.10 Å². The number of nitrogen functional groups attached to an aromatic ring is 1. The summed E-state index contributed by atoms with van der Waals surface area (Å²) in [6.07, 6.45) is 5.23. The Bertz CT molecular complexity index is 462. The molecule has 0 aliphatic carbocycles. The zero-order chi connectivity index (χ0) is 14.1. The van der Waals surface area contributed by atoms with Crippen LogP contribution in [0.4, 0.5) is 10.8 Å². The lowest BCUT2D eigenvalue weighted by molar-refractivity contribution is 0.187. The molecule has 3 heterocycles. The molecule has 0 aromatic carbocycles. The van der Waals surface area contributed by atoms with E-state index in [9.17, 15) is 0 Å². The summed E-state index contributed by atoms with van der Waals surface area (Å²) in [6.45, 7) is 6.51. The summed E-state index contributed by atoms with van der Waals surface area (Å²) in [4.78, 5) is 2.63. The highest BCUT2D eigenvalue weighted by atomic mass is 32.1. The normalized spacial score (nSPS) is 26.8. The van der Waals surface area contributed by atoms with Crippen molar-refractivity contribution in [1.82, 2.24) is 9.27 Å². The maximum Gasteiger partial charge on any atom is 0.197 e. The molecule has 0 saturated carbocycles. The number of piperidine rings is 1. The number of nitrogens with zero attached hydrogens (tertiary/aromatic N) is 2. The molecule has 2 atom stereocenters. The van der Waals surface area contributed by atoms with E-state index in [2.05, 4.69) is 14.6 Å². The minimum atomic E-state index is 0.117. The predicted octanol–water partition coefficient (Wildman–Crippen LogP) is 2.55. The van der Waals surface area contributed by atoms with Crippen molar-refractivity contribution >= 4 is 22.4 Å². The summed E-state index contributed by atoms with van der Waals surface area (Å²) in [5, 5.41) is 4.61. The number of aromatic nitrogens is 1. The number of ether oxygens (including phenoxy) is 1. The summed E-state index contributed by atoms with van der Waals surface area (Å²) in [6, 6.07) is 1.28. The van der Waals surface area contributed by atoms with E-state index in [1.54, 1.807) is 0 Å². The fourth-order valence-electron chi connectivity index (χ4n) is 3.28. The summed E-state index contributed by atoms with van der Waals surface area (Å²) >= 11 is 1.41. The number of nitrogens with one attached hydrogen (secondary N) is 1. The first-order chi connectivity index (χ1) is 9.63. The van der Waals surface area contributed by atoms with Gasteiger partial charge in [-0.3, -0.25) is 0 Å². The number of rotatable bonds is 4. The average molecular weight is 296 g/mol. The third-order valence-corrected chi connectivity index (χ3v) is 4.96. The molecule has 0 bridgehead atoms. The third kappa shape index (κ3) is 2.86. The van der Waals surface area contributed by atoms with E-state index in [0.29, 0.717) is 11.9 Å². The lowest BCUT2D eigenvalue weighted by Gasteiger charge is -2.35. The molecule has 2 aliphatic heterocycles. The van der Waals surface area contributed by atoms with Crippen LogP contribution in [0.2, 0.25) is 0 Å². The number of anilines is 2. The number of hydrogen-bond acceptors (Lipinski definition) is 6. The number of nitrogens with two attached hydrogens (primary N) is 1. The minimum Gasteiger partial charge on any atom is -0.484 e. The van der Waals surface area contributed by atoms with Gasteiger partial charge >= 0.3 is 0 Å². The van der Waals surface area contributed by atoms with Crippen LogP contribution in [0.1, 0.15) is 39.5 Å². The fraction of sp³-hybridized carbons (Fsp3) is 0.786. The standard InChI is InChI=1S/C14H24N4OS/c1-9(2)19-12-13(15)17-20-14(12)16-10-5-7-18-6-3-4-11(18)8-10/h9-11,16H,3-8H2,1-2H3,(H2,15,17). The fourth-order valence-corrected chi connectivity index (χ4v) is 4.00. The van der Waals surface area contributed by atoms with Gasteiger partial charge < -0.3 is 20.7 Å². The van der Waals surface area contributed by atoms with Crippen molar-refractivity contribution in [2.75, 3.05) is 24.1 Å². The SMILES string of the molecule is CC(C)Oc1c(N)nsc1NC1CCN2CCCC2C1. The van der Waals surface area contributed by atoms with Gasteiger partial charge in [-0.1, -0.05) is 0 Å². The number of fused-ring (bicyclic) bond motifs is 1. The van der Waals surface area contributed by atoms with E-state index < -0.39 is 0 Å². The molecule has 5 nitrogen and oxygen atoms in total. The van der Waals surface area contributed by atoms with Gasteiger partial charge in [-0.2, -0.15) is 4.37 Å². The van der Waals surface area contributed by atoms with Crippen molar-refractivity contribution in [3.05, 3.63) is 0 Å². The maximum atomic E-state index is 5.91. The van der Waals surface area contributed by atoms with E-state index in [4.69, 9.17) is 10.5 Å². The van der Waals surface area contributed by atoms with Gasteiger partial charge in [0.15, 0.2) is 16.6 Å². The molecule has 0 radical (unpaired) electrons. The molecular formula is C14H24N4OS. The van der Waals surface area contributed by atoms with Crippen LogP contribution < -0.4 is 15.8 Å². The van der Waals surface area contributed by atoms with Gasteiger partial charge in [-0.05, 0) is 57.6 Å². The molecule has 6 heteroatoms. The topological polar surface area (TPSA) is 63.4 Å². The molecule has 3 N–H and O–H groups in total. The summed E-state index contributed by atoms with van der Waals surface area (Å²) in [5.74, 6) is 1.24. The largest absolute Gasteiger partial charge is 0.484 e. The van der Waals surface area contributed by atoms with Crippen LogP contribution in [0.5, 0.6) is 5.75 Å². The second-order valence-electron chi connectivity index (χ2n) is 6.09. The second kappa shape index (κ2) is 5.77. The van der Waals surface area contributed by atoms with Crippen molar-refractivity contribution in [2.45, 2.75) is 57.7 Å². The average Bonchev–Trinajstić information content (AvgIpc) is 2.99. The van der Waals surface area contributed by atoms with E-state index in [0.717, 1.165) is 16.8 Å². The van der Waals surface area contributed by atoms with Crippen LogP contribution in [0.25, 0.3) is 0 Å². The van der Waals surface area contributed by atoms with Gasteiger partial charge in [0.2, 0.25) is 0 Å². The van der Waals surface area contributed by atoms with Gasteiger partial charge in [0, 0.05) is 18.6 Å². The monoisotopic (exact) mass is 296 g/mol. The zero-order valence-electron chi connectivity index (χ0n) is 12.3. The Hall–Kier alpha value is -1.01. The predicted molar refractivity (Wildman–Crippen MR) is 83.5 cm³/mol. The molecule has 112 valence electrons. The van der Waals surface area contributed by atoms with E-state index in [1.165, 1.54) is 50.3 Å². The Balaban J connectivity index is 1.65. The molecular weight excluding hydrogens is 272 g/mol. The molecule has 3 rings (SSSR count). The second-order valence-corrected chi connectivity index (χ2v) is 6.86. The molecule has 20 heavy (non-hydrogen) atoms. The molecule has 2 unspecified atom stereocenters. The van der Waals surface area contributed by atoms with E-state index in [1.807, 2.05) is 13.8 Å². The number of hydrogen-bond donors (Lipinski definition) is 2. The van der Waals surface area contributed by atoms with Crippen LogP contribution in [0.15, 0.2) is 0 Å². The third-order valence-electron chi connectivity index (χ3n) is 4.18. The Morgan fingerprint density at radius 2 is 2.25 bits per heavy atom. The zero-order valence-corrected chi connectivity index (χ0v) is 13.1. The van der Waals surface area contributed by atoms with Crippen LogP contribution in [-0.4, -0.2) is 40.6 Å². The van der Waals surface area contributed by atoms with Gasteiger partial charge in [0.25, 0.3) is 0 Å². The molecule has 0 amide bonds. The highest BCUT2D eigenvalue weighted by Gasteiger charge is 2.32. The molecule has 1 aromatic rings. The molecule has 2 aliphatic rings. The van der Waals surface area contributed by atoms with Gasteiger partial charge in [-0.15, -0.1) is 0 Å². The summed E-state index contributed by atoms with van der Waals surface area (Å²) < 4.78 is 10.0. The van der Waals surface area contributed by atoms with Gasteiger partial charge in [-0.25, -0.2) is 0 Å². The Morgan fingerprint density at radius 1 is 1.40 bits per heavy atom. The van der Waals surface area contributed by atoms with Crippen LogP contribution in [-0.2, 0) is 0 Å². The molecule has 2 saturated heterocycles. The van der Waals surface area contributed by atoms with Crippen molar-refractivity contribution in [3.8, 4) is 5.75 Å². The van der Waals surface area contributed by atoms with Gasteiger partial charge in [0.05, 0.1) is 6.10 Å². The first-order valence-electron chi connectivity index (χ1n) is 7.56. The molecule has 2 fully saturated rings. The highest BCUT2D eigenvalue weighted by molar-refractivity contribution is 7.11. The first-order valence-corrected chi connectivity index (χ1v) is 8.33. The van der Waals surface area contributed by atoms with Gasteiger partial charge in [0.1, 0.15) is 0 Å². The van der Waals surface area contributed by atoms with Crippen molar-refractivity contribution < 1.29 is 4.74 Å². The maximum absolute atomic E-state index is 5.91. The quantitative estimate of drug-likeness (QED) is 0.894. The van der Waals surface area contributed by atoms with Crippen LogP contribution in [0.3, 0.4) is 0 Å². The lowest BCUT2D eigenvalue weighted by Crippen LogP contribution is -2.42. The summed E-state index contributed by atoms with van der Waals surface area (Å²) in [5.41, 5.74) is 5.91.